The SMILES string of the molecule is Cc1cccc(N2C[C@H](C(=O)Nc3ccc(N4CCCC4=O)c(Cl)c3)CC2=O)c1C. The molecule has 2 saturated heterocycles. The Morgan fingerprint density at radius 3 is 2.57 bits per heavy atom. The number of anilines is 3. The molecule has 3 amide bonds. The number of carbonyl (C=O) groups is 3. The minimum atomic E-state index is -0.434. The summed E-state index contributed by atoms with van der Waals surface area (Å²) in [5, 5.41) is 3.29. The van der Waals surface area contributed by atoms with Gasteiger partial charge in [0.25, 0.3) is 0 Å². The molecule has 1 atom stereocenters. The van der Waals surface area contributed by atoms with Crippen LogP contribution in [0.25, 0.3) is 0 Å². The van der Waals surface area contributed by atoms with Crippen LogP contribution in [0.3, 0.4) is 0 Å². The number of hydrogen-bond donors (Lipinski definition) is 1. The Hall–Kier alpha value is -2.86. The van der Waals surface area contributed by atoms with Crippen LogP contribution in [0.5, 0.6) is 0 Å². The van der Waals surface area contributed by atoms with Crippen LogP contribution in [0.1, 0.15) is 30.4 Å². The number of nitrogens with one attached hydrogen (secondary N) is 1. The van der Waals surface area contributed by atoms with E-state index in [1.807, 2.05) is 32.0 Å². The van der Waals surface area contributed by atoms with E-state index in [0.717, 1.165) is 23.2 Å². The van der Waals surface area contributed by atoms with Gasteiger partial charge >= 0.3 is 0 Å². The predicted molar refractivity (Wildman–Crippen MR) is 118 cm³/mol. The smallest absolute Gasteiger partial charge is 0.229 e. The highest BCUT2D eigenvalue weighted by Gasteiger charge is 2.36. The number of nitrogens with zero attached hydrogens (tertiary/aromatic N) is 2. The van der Waals surface area contributed by atoms with E-state index in [2.05, 4.69) is 5.32 Å². The molecule has 0 aromatic heterocycles. The maximum Gasteiger partial charge on any atom is 0.229 e. The summed E-state index contributed by atoms with van der Waals surface area (Å²) < 4.78 is 0. The summed E-state index contributed by atoms with van der Waals surface area (Å²) in [4.78, 5) is 40.7. The fourth-order valence-corrected chi connectivity index (χ4v) is 4.38. The van der Waals surface area contributed by atoms with Crippen molar-refractivity contribution >= 4 is 46.4 Å². The molecule has 0 aliphatic carbocycles. The van der Waals surface area contributed by atoms with Crippen molar-refractivity contribution in [3.8, 4) is 0 Å². The molecule has 0 unspecified atom stereocenters. The lowest BCUT2D eigenvalue weighted by Gasteiger charge is -2.20. The first-order chi connectivity index (χ1) is 14.3. The molecule has 2 aliphatic rings. The minimum absolute atomic E-state index is 0.0511. The second-order valence-corrected chi connectivity index (χ2v) is 8.34. The van der Waals surface area contributed by atoms with Crippen LogP contribution in [0.4, 0.5) is 17.1 Å². The number of halogens is 1. The maximum atomic E-state index is 12.8. The van der Waals surface area contributed by atoms with E-state index in [-0.39, 0.29) is 24.1 Å². The fourth-order valence-electron chi connectivity index (χ4n) is 4.09. The molecule has 7 heteroatoms. The molecule has 156 valence electrons. The first kappa shape index (κ1) is 20.4. The second-order valence-electron chi connectivity index (χ2n) is 7.93. The quantitative estimate of drug-likeness (QED) is 0.802. The van der Waals surface area contributed by atoms with Crippen molar-refractivity contribution in [1.29, 1.82) is 0 Å². The van der Waals surface area contributed by atoms with Crippen molar-refractivity contribution in [2.75, 3.05) is 28.2 Å². The second kappa shape index (κ2) is 8.11. The Balaban J connectivity index is 1.45. The van der Waals surface area contributed by atoms with Crippen molar-refractivity contribution in [1.82, 2.24) is 0 Å². The summed E-state index contributed by atoms with van der Waals surface area (Å²) in [6, 6.07) is 11.0. The summed E-state index contributed by atoms with van der Waals surface area (Å²) >= 11 is 6.37. The number of carbonyl (C=O) groups excluding carboxylic acids is 3. The van der Waals surface area contributed by atoms with Crippen molar-refractivity contribution < 1.29 is 14.4 Å². The van der Waals surface area contributed by atoms with Gasteiger partial charge < -0.3 is 15.1 Å². The first-order valence-corrected chi connectivity index (χ1v) is 10.5. The average molecular weight is 426 g/mol. The standard InChI is InChI=1S/C23H24ClN3O3/c1-14-5-3-6-19(15(14)2)27-13-16(11-22(27)29)23(30)25-17-8-9-20(18(24)12-17)26-10-4-7-21(26)28/h3,5-6,8-9,12,16H,4,7,10-11,13H2,1-2H3,(H,25,30)/t16-/m1/s1. The van der Waals surface area contributed by atoms with Crippen LogP contribution in [0, 0.1) is 19.8 Å². The Bertz CT molecular complexity index is 1040. The molecule has 0 bridgehead atoms. The molecule has 4 rings (SSSR count). The van der Waals surface area contributed by atoms with Gasteiger partial charge in [0.05, 0.1) is 16.6 Å². The van der Waals surface area contributed by atoms with Gasteiger partial charge in [-0.2, -0.15) is 0 Å². The van der Waals surface area contributed by atoms with Crippen LogP contribution in [0.15, 0.2) is 36.4 Å². The van der Waals surface area contributed by atoms with Crippen molar-refractivity contribution in [3.05, 3.63) is 52.5 Å². The number of amides is 3. The van der Waals surface area contributed by atoms with Gasteiger partial charge in [-0.05, 0) is 55.7 Å². The van der Waals surface area contributed by atoms with Crippen molar-refractivity contribution in [2.45, 2.75) is 33.1 Å². The third-order valence-electron chi connectivity index (χ3n) is 5.94. The van der Waals surface area contributed by atoms with Crippen LogP contribution in [0.2, 0.25) is 5.02 Å². The van der Waals surface area contributed by atoms with Gasteiger partial charge in [-0.15, -0.1) is 0 Å². The maximum absolute atomic E-state index is 12.8. The summed E-state index contributed by atoms with van der Waals surface area (Å²) in [5.41, 5.74) is 4.23. The van der Waals surface area contributed by atoms with Gasteiger partial charge in [-0.1, -0.05) is 23.7 Å². The fraction of sp³-hybridized carbons (Fsp3) is 0.348. The van der Waals surface area contributed by atoms with Gasteiger partial charge in [0.15, 0.2) is 0 Å². The van der Waals surface area contributed by atoms with Crippen LogP contribution < -0.4 is 15.1 Å². The van der Waals surface area contributed by atoms with Gasteiger partial charge in [-0.25, -0.2) is 0 Å². The molecule has 2 fully saturated rings. The minimum Gasteiger partial charge on any atom is -0.326 e. The van der Waals surface area contributed by atoms with E-state index in [0.29, 0.717) is 35.9 Å². The van der Waals surface area contributed by atoms with Gasteiger partial charge in [0.2, 0.25) is 17.7 Å². The highest BCUT2D eigenvalue weighted by molar-refractivity contribution is 6.34. The molecular formula is C23H24ClN3O3. The van der Waals surface area contributed by atoms with Gasteiger partial charge in [0.1, 0.15) is 0 Å². The van der Waals surface area contributed by atoms with E-state index in [1.165, 1.54) is 0 Å². The summed E-state index contributed by atoms with van der Waals surface area (Å²) in [5.74, 6) is -0.636. The monoisotopic (exact) mass is 425 g/mol. The Kier molecular flexibility index (Phi) is 5.52. The molecule has 2 aromatic rings. The molecule has 30 heavy (non-hydrogen) atoms. The van der Waals surface area contributed by atoms with E-state index in [1.54, 1.807) is 28.0 Å². The number of benzene rings is 2. The zero-order valence-corrected chi connectivity index (χ0v) is 17.8. The molecule has 0 saturated carbocycles. The summed E-state index contributed by atoms with van der Waals surface area (Å²) in [7, 11) is 0. The topological polar surface area (TPSA) is 69.7 Å². The summed E-state index contributed by atoms with van der Waals surface area (Å²) in [6.07, 6.45) is 1.52. The first-order valence-electron chi connectivity index (χ1n) is 10.1. The lowest BCUT2D eigenvalue weighted by Crippen LogP contribution is -2.28. The average Bonchev–Trinajstić information content (AvgIpc) is 3.30. The Labute approximate surface area is 180 Å². The molecule has 2 aromatic carbocycles. The molecule has 2 aliphatic heterocycles. The van der Waals surface area contributed by atoms with Crippen LogP contribution in [-0.2, 0) is 14.4 Å². The number of hydrogen-bond acceptors (Lipinski definition) is 3. The highest BCUT2D eigenvalue weighted by atomic mass is 35.5. The Morgan fingerprint density at radius 2 is 1.87 bits per heavy atom. The zero-order valence-electron chi connectivity index (χ0n) is 17.1. The van der Waals surface area contributed by atoms with E-state index in [9.17, 15) is 14.4 Å². The molecule has 0 radical (unpaired) electrons. The molecule has 1 N–H and O–H groups in total. The van der Waals surface area contributed by atoms with E-state index < -0.39 is 5.92 Å². The van der Waals surface area contributed by atoms with Crippen LogP contribution in [-0.4, -0.2) is 30.8 Å². The third kappa shape index (κ3) is 3.79. The van der Waals surface area contributed by atoms with Gasteiger partial charge in [-0.3, -0.25) is 14.4 Å². The van der Waals surface area contributed by atoms with Crippen molar-refractivity contribution in [3.63, 3.8) is 0 Å². The third-order valence-corrected chi connectivity index (χ3v) is 6.24. The molecule has 2 heterocycles. The normalized spacial score (nSPS) is 19.0. The zero-order chi connectivity index (χ0) is 21.4. The van der Waals surface area contributed by atoms with Crippen LogP contribution >= 0.6 is 11.6 Å². The summed E-state index contributed by atoms with van der Waals surface area (Å²) in [6.45, 7) is 5.00. The molecular weight excluding hydrogens is 402 g/mol. The lowest BCUT2D eigenvalue weighted by molar-refractivity contribution is -0.122. The van der Waals surface area contributed by atoms with E-state index >= 15 is 0 Å². The number of rotatable bonds is 4. The van der Waals surface area contributed by atoms with E-state index in [4.69, 9.17) is 11.6 Å². The van der Waals surface area contributed by atoms with Gasteiger partial charge in [0, 0.05) is 37.3 Å². The Morgan fingerprint density at radius 1 is 1.07 bits per heavy atom. The highest BCUT2D eigenvalue weighted by Crippen LogP contribution is 2.33. The predicted octanol–water partition coefficient (Wildman–Crippen LogP) is 4.08. The molecule has 0 spiro atoms. The largest absolute Gasteiger partial charge is 0.326 e. The number of aryl methyl sites for hydroxylation is 1. The van der Waals surface area contributed by atoms with Crippen molar-refractivity contribution in [2.24, 2.45) is 5.92 Å². The lowest BCUT2D eigenvalue weighted by atomic mass is 10.1. The molecule has 6 nitrogen and oxygen atoms in total.